The van der Waals surface area contributed by atoms with E-state index in [9.17, 15) is 4.79 Å². The monoisotopic (exact) mass is 400 g/mol. The third kappa shape index (κ3) is 3.65. The summed E-state index contributed by atoms with van der Waals surface area (Å²) in [6.45, 7) is 4.39. The third-order valence-electron chi connectivity index (χ3n) is 6.07. The third-order valence-corrected chi connectivity index (χ3v) is 6.07. The van der Waals surface area contributed by atoms with Crippen LogP contribution < -0.4 is 15.0 Å². The molecule has 3 atom stereocenters. The molecule has 0 radical (unpaired) electrons. The Morgan fingerprint density at radius 2 is 1.63 bits per heavy atom. The van der Waals surface area contributed by atoms with Gasteiger partial charge in [0.1, 0.15) is 5.75 Å². The zero-order chi connectivity index (χ0) is 21.1. The Morgan fingerprint density at radius 1 is 0.967 bits per heavy atom. The molecule has 0 spiro atoms. The summed E-state index contributed by atoms with van der Waals surface area (Å²) in [4.78, 5) is 15.6. The number of anilines is 2. The number of benzene rings is 3. The van der Waals surface area contributed by atoms with Crippen molar-refractivity contribution >= 4 is 17.3 Å². The maximum absolute atomic E-state index is 13.6. The van der Waals surface area contributed by atoms with E-state index in [1.54, 1.807) is 7.11 Å². The van der Waals surface area contributed by atoms with E-state index in [2.05, 4.69) is 43.4 Å². The van der Waals surface area contributed by atoms with Crippen LogP contribution in [0.15, 0.2) is 78.9 Å². The number of carbonyl (C=O) groups is 1. The lowest BCUT2D eigenvalue weighted by molar-refractivity contribution is 0.0960. The Kier molecular flexibility index (Phi) is 5.75. The van der Waals surface area contributed by atoms with Gasteiger partial charge < -0.3 is 15.0 Å². The Hall–Kier alpha value is -3.27. The van der Waals surface area contributed by atoms with Crippen LogP contribution >= 0.6 is 0 Å². The van der Waals surface area contributed by atoms with Gasteiger partial charge in [-0.3, -0.25) is 4.79 Å². The maximum atomic E-state index is 13.6. The molecule has 0 aliphatic carbocycles. The van der Waals surface area contributed by atoms with Crippen molar-refractivity contribution in [2.75, 3.05) is 17.3 Å². The molecule has 1 aliphatic heterocycles. The lowest BCUT2D eigenvalue weighted by Crippen LogP contribution is -2.50. The predicted octanol–water partition coefficient (Wildman–Crippen LogP) is 5.92. The van der Waals surface area contributed by atoms with Crippen molar-refractivity contribution in [3.05, 3.63) is 90.0 Å². The molecule has 2 unspecified atom stereocenters. The van der Waals surface area contributed by atoms with E-state index < -0.39 is 0 Å². The number of hydrogen-bond acceptors (Lipinski definition) is 3. The average molecular weight is 401 g/mol. The van der Waals surface area contributed by atoms with Gasteiger partial charge in [-0.2, -0.15) is 0 Å². The van der Waals surface area contributed by atoms with Crippen LogP contribution in [0.5, 0.6) is 5.75 Å². The first kappa shape index (κ1) is 20.0. The molecule has 154 valence electrons. The molecule has 4 heteroatoms. The van der Waals surface area contributed by atoms with E-state index in [4.69, 9.17) is 4.74 Å². The number of fused-ring (bicyclic) bond motifs is 1. The van der Waals surface area contributed by atoms with E-state index in [1.165, 1.54) is 0 Å². The second-order valence-electron chi connectivity index (χ2n) is 7.79. The molecule has 4 rings (SSSR count). The number of para-hydroxylation sites is 2. The highest BCUT2D eigenvalue weighted by Crippen LogP contribution is 2.44. The molecular weight excluding hydrogens is 372 g/mol. The highest BCUT2D eigenvalue weighted by Gasteiger charge is 2.40. The minimum Gasteiger partial charge on any atom is -0.497 e. The van der Waals surface area contributed by atoms with Crippen LogP contribution in [0.25, 0.3) is 0 Å². The van der Waals surface area contributed by atoms with E-state index >= 15 is 0 Å². The van der Waals surface area contributed by atoms with Crippen LogP contribution in [0.1, 0.15) is 42.2 Å². The fraction of sp³-hybridized carbons (Fsp3) is 0.269. The number of nitrogens with one attached hydrogen (secondary N) is 1. The van der Waals surface area contributed by atoms with Gasteiger partial charge in [-0.15, -0.1) is 0 Å². The molecule has 0 aromatic heterocycles. The van der Waals surface area contributed by atoms with Crippen LogP contribution in [0.4, 0.5) is 11.4 Å². The number of amides is 1. The Morgan fingerprint density at radius 3 is 2.30 bits per heavy atom. The molecule has 0 saturated carbocycles. The zero-order valence-corrected chi connectivity index (χ0v) is 17.7. The van der Waals surface area contributed by atoms with Crippen molar-refractivity contribution in [1.82, 2.24) is 0 Å². The van der Waals surface area contributed by atoms with Gasteiger partial charge in [0, 0.05) is 28.9 Å². The number of ether oxygens (including phenoxy) is 1. The van der Waals surface area contributed by atoms with E-state index in [0.717, 1.165) is 29.1 Å². The summed E-state index contributed by atoms with van der Waals surface area (Å²) >= 11 is 0. The smallest absolute Gasteiger partial charge is 0.258 e. The summed E-state index contributed by atoms with van der Waals surface area (Å²) in [5.74, 6) is 1.02. The molecular formula is C26H28N2O2. The molecule has 1 N–H and O–H groups in total. The van der Waals surface area contributed by atoms with Crippen LogP contribution in [0.2, 0.25) is 0 Å². The largest absolute Gasteiger partial charge is 0.497 e. The second kappa shape index (κ2) is 8.62. The summed E-state index contributed by atoms with van der Waals surface area (Å²) in [6.07, 6.45) is 0.879. The molecule has 0 saturated heterocycles. The van der Waals surface area contributed by atoms with Gasteiger partial charge >= 0.3 is 0 Å². The van der Waals surface area contributed by atoms with E-state index in [0.29, 0.717) is 5.56 Å². The highest BCUT2D eigenvalue weighted by atomic mass is 16.5. The molecule has 30 heavy (non-hydrogen) atoms. The standard InChI is InChI=1S/C26H28N2O2/c1-4-23-18(2)25(27-20-10-6-5-7-11-20)22-12-8-9-13-24(22)28(23)26(29)19-14-16-21(30-3)17-15-19/h5-18,23,25,27H,4H2,1-3H3/t18-,23?,25?/m1/s1. The fourth-order valence-corrected chi connectivity index (χ4v) is 4.50. The second-order valence-corrected chi connectivity index (χ2v) is 7.79. The van der Waals surface area contributed by atoms with Gasteiger partial charge in [-0.25, -0.2) is 0 Å². The summed E-state index contributed by atoms with van der Waals surface area (Å²) in [5.41, 5.74) is 3.90. The average Bonchev–Trinajstić information content (AvgIpc) is 2.80. The predicted molar refractivity (Wildman–Crippen MR) is 122 cm³/mol. The molecule has 4 nitrogen and oxygen atoms in total. The number of nitrogens with zero attached hydrogens (tertiary/aromatic N) is 1. The molecule has 3 aromatic rings. The molecule has 0 bridgehead atoms. The summed E-state index contributed by atoms with van der Waals surface area (Å²) in [5, 5.41) is 3.71. The summed E-state index contributed by atoms with van der Waals surface area (Å²) in [7, 11) is 1.63. The minimum absolute atomic E-state index is 0.0296. The van der Waals surface area contributed by atoms with Crippen LogP contribution in [0, 0.1) is 5.92 Å². The van der Waals surface area contributed by atoms with Gasteiger partial charge in [0.2, 0.25) is 0 Å². The minimum atomic E-state index is 0.0296. The molecule has 3 aromatic carbocycles. The van der Waals surface area contributed by atoms with Gasteiger partial charge in [-0.1, -0.05) is 50.2 Å². The quantitative estimate of drug-likeness (QED) is 0.578. The topological polar surface area (TPSA) is 41.6 Å². The Labute approximate surface area is 178 Å². The van der Waals surface area contributed by atoms with Crippen molar-refractivity contribution in [2.45, 2.75) is 32.4 Å². The molecule has 0 fully saturated rings. The fourth-order valence-electron chi connectivity index (χ4n) is 4.50. The van der Waals surface area contributed by atoms with Gasteiger partial charge in [-0.05, 0) is 54.4 Å². The summed E-state index contributed by atoms with van der Waals surface area (Å²) in [6, 6.07) is 26.1. The Balaban J connectivity index is 1.74. The number of hydrogen-bond donors (Lipinski definition) is 1. The number of rotatable bonds is 5. The molecule has 1 aliphatic rings. The number of methoxy groups -OCH3 is 1. The first-order valence-electron chi connectivity index (χ1n) is 10.5. The normalized spacial score (nSPS) is 20.4. The zero-order valence-electron chi connectivity index (χ0n) is 17.7. The maximum Gasteiger partial charge on any atom is 0.258 e. The van der Waals surface area contributed by atoms with Crippen LogP contribution in [0.3, 0.4) is 0 Å². The van der Waals surface area contributed by atoms with Gasteiger partial charge in [0.25, 0.3) is 5.91 Å². The van der Waals surface area contributed by atoms with Crippen molar-refractivity contribution in [3.8, 4) is 5.75 Å². The van der Waals surface area contributed by atoms with Crippen LogP contribution in [-0.4, -0.2) is 19.1 Å². The van der Waals surface area contributed by atoms with E-state index in [1.807, 2.05) is 59.5 Å². The molecule has 1 heterocycles. The first-order valence-corrected chi connectivity index (χ1v) is 10.5. The lowest BCUT2D eigenvalue weighted by atomic mass is 9.80. The highest BCUT2D eigenvalue weighted by molar-refractivity contribution is 6.07. The van der Waals surface area contributed by atoms with Crippen molar-refractivity contribution in [2.24, 2.45) is 5.92 Å². The molecule has 1 amide bonds. The van der Waals surface area contributed by atoms with Crippen molar-refractivity contribution < 1.29 is 9.53 Å². The van der Waals surface area contributed by atoms with Gasteiger partial charge in [0.15, 0.2) is 0 Å². The summed E-state index contributed by atoms with van der Waals surface area (Å²) < 4.78 is 5.25. The SMILES string of the molecule is CCC1[C@@H](C)C(Nc2ccccc2)c2ccccc2N1C(=O)c1ccc(OC)cc1. The van der Waals surface area contributed by atoms with Crippen molar-refractivity contribution in [1.29, 1.82) is 0 Å². The van der Waals surface area contributed by atoms with E-state index in [-0.39, 0.29) is 23.9 Å². The first-order chi connectivity index (χ1) is 14.6. The number of carbonyl (C=O) groups excluding carboxylic acids is 1. The van der Waals surface area contributed by atoms with Gasteiger partial charge in [0.05, 0.1) is 13.2 Å². The lowest BCUT2D eigenvalue weighted by Gasteiger charge is -2.45. The van der Waals surface area contributed by atoms with Crippen LogP contribution in [-0.2, 0) is 0 Å². The van der Waals surface area contributed by atoms with Crippen molar-refractivity contribution in [3.63, 3.8) is 0 Å². The Bertz CT molecular complexity index is 1000.